The number of amides is 4. The van der Waals surface area contributed by atoms with Gasteiger partial charge in [-0.1, -0.05) is 0 Å². The highest BCUT2D eigenvalue weighted by Crippen LogP contribution is 2.41. The van der Waals surface area contributed by atoms with Crippen LogP contribution >= 0.6 is 11.3 Å². The minimum absolute atomic E-state index is 0.0150. The lowest BCUT2D eigenvalue weighted by atomic mass is 10.1. The van der Waals surface area contributed by atoms with Crippen LogP contribution in [0.5, 0.6) is 23.0 Å². The molecular weight excluding hydrogens is 817 g/mol. The van der Waals surface area contributed by atoms with Crippen LogP contribution in [0.1, 0.15) is 74.0 Å². The zero-order chi connectivity index (χ0) is 44.4. The molecular formula is C40H45F2N3O14S. The quantitative estimate of drug-likeness (QED) is 0.0599. The molecule has 60 heavy (non-hydrogen) atoms. The number of nitrogens with zero attached hydrogens (tertiary/aromatic N) is 2. The van der Waals surface area contributed by atoms with Gasteiger partial charge in [-0.25, -0.2) is 8.78 Å². The van der Waals surface area contributed by atoms with Crippen molar-refractivity contribution in [3.05, 3.63) is 45.8 Å². The summed E-state index contributed by atoms with van der Waals surface area (Å²) in [7, 11) is 2.67. The molecule has 1 aromatic heterocycles. The van der Waals surface area contributed by atoms with E-state index in [-0.39, 0.29) is 123 Å². The number of carboxylic acid groups (broad SMARTS) is 1. The van der Waals surface area contributed by atoms with Crippen LogP contribution in [-0.2, 0) is 51.3 Å². The van der Waals surface area contributed by atoms with Crippen molar-refractivity contribution >= 4 is 62.8 Å². The molecule has 0 radical (unpaired) electrons. The number of fused-ring (bicyclic) bond motifs is 2. The SMILES string of the molecule is [3H]C1CC(=O)N(CC(=O)NCCOC[C@H](C)OC(=O)CCC(=O)c2cc3c(F)c(OCCCOc4c(OC)cc5c(c4F)CN(C(=O)CCC(=O)O)C5)c(OC)cc3s2)C1=O. The number of benzene rings is 2. The summed E-state index contributed by atoms with van der Waals surface area (Å²) in [6, 6.07) is 4.45. The third kappa shape index (κ3) is 11.4. The summed E-state index contributed by atoms with van der Waals surface area (Å²) in [5.74, 6) is -6.18. The van der Waals surface area contributed by atoms with Gasteiger partial charge in [0, 0.05) is 74.8 Å². The molecule has 3 aromatic rings. The van der Waals surface area contributed by atoms with Gasteiger partial charge >= 0.3 is 11.9 Å². The summed E-state index contributed by atoms with van der Waals surface area (Å²) in [4.78, 5) is 86.6. The molecule has 1 unspecified atom stereocenters. The van der Waals surface area contributed by atoms with E-state index in [4.69, 9.17) is 34.9 Å². The first-order chi connectivity index (χ1) is 29.1. The molecule has 2 atom stereocenters. The van der Waals surface area contributed by atoms with Crippen molar-refractivity contribution in [2.75, 3.05) is 53.7 Å². The topological polar surface area (TPSA) is 214 Å². The first-order valence-electron chi connectivity index (χ1n) is 19.5. The number of carbonyl (C=O) groups is 7. The van der Waals surface area contributed by atoms with E-state index in [1.807, 2.05) is 0 Å². The maximum atomic E-state index is 15.8. The van der Waals surface area contributed by atoms with Crippen LogP contribution in [0.3, 0.4) is 0 Å². The molecule has 0 spiro atoms. The molecule has 0 saturated carbocycles. The van der Waals surface area contributed by atoms with Crippen molar-refractivity contribution in [3.63, 3.8) is 0 Å². The lowest BCUT2D eigenvalue weighted by Crippen LogP contribution is -2.41. The molecule has 17 nitrogen and oxygen atoms in total. The van der Waals surface area contributed by atoms with Gasteiger partial charge in [-0.05, 0) is 24.6 Å². The van der Waals surface area contributed by atoms with Gasteiger partial charge in [0.05, 0.1) is 58.4 Å². The molecule has 1 fully saturated rings. The number of nitrogens with one attached hydrogen (secondary N) is 1. The van der Waals surface area contributed by atoms with Crippen LogP contribution < -0.4 is 24.3 Å². The zero-order valence-electron chi connectivity index (χ0n) is 34.1. The van der Waals surface area contributed by atoms with Crippen LogP contribution in [-0.4, -0.2) is 116 Å². The Labute approximate surface area is 348 Å². The van der Waals surface area contributed by atoms with Crippen LogP contribution in [0.4, 0.5) is 8.78 Å². The van der Waals surface area contributed by atoms with Crippen molar-refractivity contribution in [1.29, 1.82) is 0 Å². The molecule has 2 aromatic carbocycles. The van der Waals surface area contributed by atoms with Crippen molar-refractivity contribution in [2.24, 2.45) is 0 Å². The number of ether oxygens (including phenoxy) is 6. The van der Waals surface area contributed by atoms with Gasteiger partial charge in [-0.15, -0.1) is 11.3 Å². The van der Waals surface area contributed by atoms with Gasteiger partial charge in [0.2, 0.25) is 23.6 Å². The van der Waals surface area contributed by atoms with E-state index >= 15 is 8.78 Å². The third-order valence-electron chi connectivity index (χ3n) is 9.31. The van der Waals surface area contributed by atoms with Crippen molar-refractivity contribution < 1.29 is 77.2 Å². The number of likely N-dealkylation sites (tertiary alicyclic amines) is 1. The monoisotopic (exact) mass is 863 g/mol. The number of hydrogen-bond acceptors (Lipinski definition) is 14. The fourth-order valence-corrected chi connectivity index (χ4v) is 7.33. The Morgan fingerprint density at radius 3 is 2.28 bits per heavy atom. The maximum absolute atomic E-state index is 15.8. The first-order valence-corrected chi connectivity index (χ1v) is 19.7. The molecule has 2 aliphatic rings. The summed E-state index contributed by atoms with van der Waals surface area (Å²) in [6.07, 6.45) is -2.97. The van der Waals surface area contributed by atoms with E-state index in [1.165, 1.54) is 31.3 Å². The average Bonchev–Trinajstić information content (AvgIpc) is 3.92. The Kier molecular flexibility index (Phi) is 15.2. The minimum atomic E-state index is -1.19. The molecule has 4 amide bonds. The van der Waals surface area contributed by atoms with Crippen LogP contribution in [0.2, 0.25) is 0 Å². The lowest BCUT2D eigenvalue weighted by molar-refractivity contribution is -0.151. The number of aliphatic carboxylic acids is 1. The molecule has 0 bridgehead atoms. The Balaban J connectivity index is 1.05. The number of Topliss-reactive ketones (excluding diaryl/α,β-unsaturated/α-hetero) is 1. The number of rotatable bonds is 23. The molecule has 20 heteroatoms. The molecule has 0 aliphatic carbocycles. The van der Waals surface area contributed by atoms with E-state index in [2.05, 4.69) is 5.32 Å². The molecule has 1 saturated heterocycles. The van der Waals surface area contributed by atoms with E-state index in [1.54, 1.807) is 13.0 Å². The molecule has 5 rings (SSSR count). The zero-order valence-corrected chi connectivity index (χ0v) is 33.9. The van der Waals surface area contributed by atoms with E-state index < -0.39 is 72.0 Å². The first kappa shape index (κ1) is 43.7. The average molecular weight is 864 g/mol. The molecule has 3 heterocycles. The van der Waals surface area contributed by atoms with E-state index in [0.717, 1.165) is 16.2 Å². The number of methoxy groups -OCH3 is 2. The minimum Gasteiger partial charge on any atom is -0.493 e. The number of thiophene rings is 1. The number of carbonyl (C=O) groups excluding carboxylic acids is 6. The fourth-order valence-electron chi connectivity index (χ4n) is 6.28. The Hall–Kier alpha value is -5.89. The highest BCUT2D eigenvalue weighted by Gasteiger charge is 2.32. The number of ketones is 1. The Bertz CT molecular complexity index is 2190. The largest absolute Gasteiger partial charge is 0.493 e. The number of halogens is 2. The standard InChI is InChI=1S/C40H45F2N3O14S/c1-22(21-56-14-11-43-31(47)20-45-33(49)6-7-34(45)50)59-36(53)10-5-26(46)30-16-24-29(60-30)17-28(55-3)40(37(24)41)58-13-4-12-57-39-27(54-2)15-23-18-44(19-25(23)38(39)42)32(48)8-9-35(51)52/h15-17,22H,4-14,18-21H2,1-3H3,(H,43,47)(H,51,52)/t22-/m0/s1/i6T/t6?,22-. The van der Waals surface area contributed by atoms with Gasteiger partial charge in [0.25, 0.3) is 0 Å². The summed E-state index contributed by atoms with van der Waals surface area (Å²) in [5, 5.41) is 11.5. The van der Waals surface area contributed by atoms with Crippen LogP contribution in [0, 0.1) is 11.6 Å². The fraction of sp³-hybridized carbons (Fsp3) is 0.475. The van der Waals surface area contributed by atoms with E-state index in [0.29, 0.717) is 10.3 Å². The van der Waals surface area contributed by atoms with Crippen LogP contribution in [0.15, 0.2) is 18.2 Å². The number of hydrogen-bond donors (Lipinski definition) is 2. The number of imide groups is 1. The van der Waals surface area contributed by atoms with E-state index in [9.17, 15) is 33.6 Å². The smallest absolute Gasteiger partial charge is 0.306 e. The second-order valence-corrected chi connectivity index (χ2v) is 14.8. The number of esters is 1. The van der Waals surface area contributed by atoms with Crippen molar-refractivity contribution in [2.45, 2.75) is 71.0 Å². The Morgan fingerprint density at radius 1 is 0.917 bits per heavy atom. The van der Waals surface area contributed by atoms with Gasteiger partial charge in [0.1, 0.15) is 12.6 Å². The van der Waals surface area contributed by atoms with Crippen molar-refractivity contribution in [1.82, 2.24) is 15.1 Å². The second kappa shape index (κ2) is 20.9. The molecule has 2 N–H and O–H groups in total. The summed E-state index contributed by atoms with van der Waals surface area (Å²) in [5.41, 5.74) is 0.751. The predicted octanol–water partition coefficient (Wildman–Crippen LogP) is 3.93. The second-order valence-electron chi connectivity index (χ2n) is 13.7. The van der Waals surface area contributed by atoms with Crippen molar-refractivity contribution in [3.8, 4) is 23.0 Å². The van der Waals surface area contributed by atoms with Gasteiger partial charge in [-0.2, -0.15) is 0 Å². The lowest BCUT2D eigenvalue weighted by Gasteiger charge is -2.15. The molecule has 2 aliphatic heterocycles. The van der Waals surface area contributed by atoms with Gasteiger partial charge in [0.15, 0.2) is 40.4 Å². The van der Waals surface area contributed by atoms with Gasteiger partial charge in [-0.3, -0.25) is 38.5 Å². The van der Waals surface area contributed by atoms with Gasteiger partial charge < -0.3 is 43.7 Å². The maximum Gasteiger partial charge on any atom is 0.306 e. The summed E-state index contributed by atoms with van der Waals surface area (Å²) < 4.78 is 72.1. The third-order valence-corrected chi connectivity index (χ3v) is 10.4. The predicted molar refractivity (Wildman–Crippen MR) is 207 cm³/mol. The summed E-state index contributed by atoms with van der Waals surface area (Å²) in [6.45, 7) is 1.10. The number of carboxylic acids is 1. The Morgan fingerprint density at radius 2 is 1.62 bits per heavy atom. The summed E-state index contributed by atoms with van der Waals surface area (Å²) >= 11 is 1.01. The highest BCUT2D eigenvalue weighted by atomic mass is 32.1. The van der Waals surface area contributed by atoms with Crippen LogP contribution in [0.25, 0.3) is 10.1 Å². The normalized spacial score (nSPS) is 15.4. The highest BCUT2D eigenvalue weighted by molar-refractivity contribution is 7.20. The molecule has 324 valence electrons.